The number of phenolic OH excluding ortho intramolecular Hbond substituents is 1. The fourth-order valence-electron chi connectivity index (χ4n) is 1.61. The molecule has 0 saturated heterocycles. The van der Waals surface area contributed by atoms with Gasteiger partial charge in [0.05, 0.1) is 0 Å². The highest BCUT2D eigenvalue weighted by Crippen LogP contribution is 2.17. The summed E-state index contributed by atoms with van der Waals surface area (Å²) >= 11 is 0. The van der Waals surface area contributed by atoms with E-state index in [4.69, 9.17) is 5.11 Å². The molecule has 3 heteroatoms. The topological polar surface area (TPSA) is 52.5 Å². The normalized spacial score (nSPS) is 14.7. The Morgan fingerprint density at radius 1 is 1.31 bits per heavy atom. The van der Waals surface area contributed by atoms with Crippen LogP contribution in [0.3, 0.4) is 0 Å². The van der Waals surface area contributed by atoms with Gasteiger partial charge in [0.2, 0.25) is 0 Å². The van der Waals surface area contributed by atoms with Gasteiger partial charge >= 0.3 is 0 Å². The lowest BCUT2D eigenvalue weighted by Gasteiger charge is -2.17. The van der Waals surface area contributed by atoms with Crippen LogP contribution in [0.1, 0.15) is 31.9 Å². The van der Waals surface area contributed by atoms with Crippen LogP contribution in [0.15, 0.2) is 24.3 Å². The van der Waals surface area contributed by atoms with E-state index in [2.05, 4.69) is 19.2 Å². The van der Waals surface area contributed by atoms with Crippen molar-refractivity contribution in [1.29, 1.82) is 0 Å². The van der Waals surface area contributed by atoms with Crippen LogP contribution in [-0.4, -0.2) is 23.4 Å². The molecule has 2 atom stereocenters. The lowest BCUT2D eigenvalue weighted by atomic mass is 10.1. The van der Waals surface area contributed by atoms with Crippen molar-refractivity contribution in [2.24, 2.45) is 5.92 Å². The van der Waals surface area contributed by atoms with Crippen LogP contribution in [0.5, 0.6) is 5.75 Å². The Hall–Kier alpha value is -1.06. The highest BCUT2D eigenvalue weighted by molar-refractivity contribution is 5.28. The maximum atomic E-state index is 9.36. The van der Waals surface area contributed by atoms with Gasteiger partial charge in [0.1, 0.15) is 5.75 Å². The van der Waals surface area contributed by atoms with Crippen molar-refractivity contribution < 1.29 is 10.2 Å². The van der Waals surface area contributed by atoms with Gasteiger partial charge in [-0.05, 0) is 43.5 Å². The summed E-state index contributed by atoms with van der Waals surface area (Å²) in [6, 6.07) is 7.50. The largest absolute Gasteiger partial charge is 0.508 e. The maximum Gasteiger partial charge on any atom is 0.115 e. The third-order valence-corrected chi connectivity index (χ3v) is 2.76. The van der Waals surface area contributed by atoms with Gasteiger partial charge in [-0.15, -0.1) is 0 Å². The van der Waals surface area contributed by atoms with Gasteiger partial charge in [-0.1, -0.05) is 19.1 Å². The molecule has 0 heterocycles. The molecule has 16 heavy (non-hydrogen) atoms. The molecule has 3 N–H and O–H groups in total. The standard InChI is InChI=1S/C13H21NO2/c1-10(6-7-15)9-14-11(2)12-4-3-5-13(16)8-12/h3-5,8,10-11,14-16H,6-7,9H2,1-2H3. The van der Waals surface area contributed by atoms with Gasteiger partial charge in [0.15, 0.2) is 0 Å². The van der Waals surface area contributed by atoms with Crippen molar-refractivity contribution in [3.63, 3.8) is 0 Å². The number of aromatic hydroxyl groups is 1. The third kappa shape index (κ3) is 4.21. The van der Waals surface area contributed by atoms with Crippen molar-refractivity contribution in [3.8, 4) is 5.75 Å². The minimum Gasteiger partial charge on any atom is -0.508 e. The molecule has 0 spiro atoms. The van der Waals surface area contributed by atoms with E-state index in [0.717, 1.165) is 18.5 Å². The molecular formula is C13H21NO2. The van der Waals surface area contributed by atoms with Crippen LogP contribution < -0.4 is 5.32 Å². The van der Waals surface area contributed by atoms with Crippen molar-refractivity contribution in [1.82, 2.24) is 5.32 Å². The molecular weight excluding hydrogens is 202 g/mol. The van der Waals surface area contributed by atoms with Crippen LogP contribution in [0.2, 0.25) is 0 Å². The van der Waals surface area contributed by atoms with Crippen molar-refractivity contribution in [2.45, 2.75) is 26.3 Å². The molecule has 0 aliphatic carbocycles. The molecule has 90 valence electrons. The van der Waals surface area contributed by atoms with Gasteiger partial charge in [0, 0.05) is 12.6 Å². The van der Waals surface area contributed by atoms with Gasteiger partial charge < -0.3 is 15.5 Å². The van der Waals surface area contributed by atoms with Gasteiger partial charge in [-0.25, -0.2) is 0 Å². The molecule has 0 bridgehead atoms. The Balaban J connectivity index is 2.43. The number of hydrogen-bond donors (Lipinski definition) is 3. The van der Waals surface area contributed by atoms with Gasteiger partial charge in [-0.2, -0.15) is 0 Å². The van der Waals surface area contributed by atoms with E-state index >= 15 is 0 Å². The van der Waals surface area contributed by atoms with Crippen LogP contribution in [0, 0.1) is 5.92 Å². The summed E-state index contributed by atoms with van der Waals surface area (Å²) < 4.78 is 0. The fraction of sp³-hybridized carbons (Fsp3) is 0.538. The molecule has 0 fully saturated rings. The lowest BCUT2D eigenvalue weighted by molar-refractivity contribution is 0.258. The third-order valence-electron chi connectivity index (χ3n) is 2.76. The number of hydrogen-bond acceptors (Lipinski definition) is 3. The zero-order chi connectivity index (χ0) is 12.0. The predicted octanol–water partition coefficient (Wildman–Crippen LogP) is 2.06. The molecule has 2 unspecified atom stereocenters. The van der Waals surface area contributed by atoms with Crippen LogP contribution in [0.4, 0.5) is 0 Å². The molecule has 0 saturated carbocycles. The first-order chi connectivity index (χ1) is 7.63. The first-order valence-corrected chi connectivity index (χ1v) is 5.76. The zero-order valence-corrected chi connectivity index (χ0v) is 9.98. The number of benzene rings is 1. The number of nitrogens with one attached hydrogen (secondary N) is 1. The van der Waals surface area contributed by atoms with Crippen molar-refractivity contribution >= 4 is 0 Å². The summed E-state index contributed by atoms with van der Waals surface area (Å²) in [6.07, 6.45) is 0.819. The molecule has 1 rings (SSSR count). The number of aliphatic hydroxyl groups is 1. The summed E-state index contributed by atoms with van der Waals surface area (Å²) in [5.74, 6) is 0.763. The van der Waals surface area contributed by atoms with E-state index in [0.29, 0.717) is 11.7 Å². The number of phenols is 1. The minimum absolute atomic E-state index is 0.216. The maximum absolute atomic E-state index is 9.36. The number of aliphatic hydroxyl groups excluding tert-OH is 1. The molecule has 0 aliphatic rings. The van der Waals surface area contributed by atoms with Gasteiger partial charge in [-0.3, -0.25) is 0 Å². The summed E-state index contributed by atoms with van der Waals surface area (Å²) in [5.41, 5.74) is 1.08. The van der Waals surface area contributed by atoms with Crippen molar-refractivity contribution in [3.05, 3.63) is 29.8 Å². The molecule has 0 aromatic heterocycles. The summed E-state index contributed by atoms with van der Waals surface area (Å²) in [6.45, 7) is 5.29. The first-order valence-electron chi connectivity index (χ1n) is 5.76. The smallest absolute Gasteiger partial charge is 0.115 e. The van der Waals surface area contributed by atoms with Crippen molar-refractivity contribution in [2.75, 3.05) is 13.2 Å². The zero-order valence-electron chi connectivity index (χ0n) is 9.98. The van der Waals surface area contributed by atoms with E-state index in [1.807, 2.05) is 12.1 Å². The monoisotopic (exact) mass is 223 g/mol. The Kier molecular flexibility index (Phi) is 5.29. The second-order valence-corrected chi connectivity index (χ2v) is 4.34. The molecule has 0 aliphatic heterocycles. The Morgan fingerprint density at radius 3 is 2.69 bits per heavy atom. The molecule has 1 aromatic rings. The van der Waals surface area contributed by atoms with Crippen LogP contribution in [-0.2, 0) is 0 Å². The molecule has 0 amide bonds. The first kappa shape index (κ1) is 13.0. The molecule has 0 radical (unpaired) electrons. The van der Waals surface area contributed by atoms with Crippen LogP contribution >= 0.6 is 0 Å². The summed E-state index contributed by atoms with van der Waals surface area (Å²) in [4.78, 5) is 0. The molecule has 3 nitrogen and oxygen atoms in total. The van der Waals surface area contributed by atoms with E-state index in [1.165, 1.54) is 0 Å². The Bertz CT molecular complexity index is 315. The summed E-state index contributed by atoms with van der Waals surface area (Å²) in [7, 11) is 0. The second-order valence-electron chi connectivity index (χ2n) is 4.34. The predicted molar refractivity (Wildman–Crippen MR) is 65.4 cm³/mol. The van der Waals surface area contributed by atoms with E-state index in [9.17, 15) is 5.11 Å². The Labute approximate surface area is 97.1 Å². The Morgan fingerprint density at radius 2 is 2.06 bits per heavy atom. The lowest BCUT2D eigenvalue weighted by Crippen LogP contribution is -2.24. The van der Waals surface area contributed by atoms with E-state index < -0.39 is 0 Å². The van der Waals surface area contributed by atoms with E-state index in [-0.39, 0.29) is 12.6 Å². The number of rotatable bonds is 6. The average molecular weight is 223 g/mol. The highest BCUT2D eigenvalue weighted by atomic mass is 16.3. The second kappa shape index (κ2) is 6.51. The van der Waals surface area contributed by atoms with Crippen LogP contribution in [0.25, 0.3) is 0 Å². The quantitative estimate of drug-likeness (QED) is 0.692. The summed E-state index contributed by atoms with van der Waals surface area (Å²) in [5, 5.41) is 21.5. The SMILES string of the molecule is CC(CCO)CNC(C)c1cccc(O)c1. The van der Waals surface area contributed by atoms with E-state index in [1.54, 1.807) is 12.1 Å². The molecule has 1 aromatic carbocycles. The average Bonchev–Trinajstić information content (AvgIpc) is 2.26. The minimum atomic E-state index is 0.216. The highest BCUT2D eigenvalue weighted by Gasteiger charge is 2.07. The fourth-order valence-corrected chi connectivity index (χ4v) is 1.61. The van der Waals surface area contributed by atoms with Gasteiger partial charge in [0.25, 0.3) is 0 Å².